The fourth-order valence-electron chi connectivity index (χ4n) is 2.89. The first-order chi connectivity index (χ1) is 13.1. The summed E-state index contributed by atoms with van der Waals surface area (Å²) in [6.07, 6.45) is 1.47. The van der Waals surface area contributed by atoms with Crippen molar-refractivity contribution in [2.24, 2.45) is 5.92 Å². The second-order valence-electron chi connectivity index (χ2n) is 8.76. The van der Waals surface area contributed by atoms with Crippen LogP contribution >= 0.6 is 0 Å². The number of rotatable bonds is 7. The van der Waals surface area contributed by atoms with Gasteiger partial charge in [0.2, 0.25) is 0 Å². The Bertz CT molecular complexity index is 665. The highest BCUT2D eigenvalue weighted by Gasteiger charge is 2.45. The van der Waals surface area contributed by atoms with Crippen molar-refractivity contribution in [3.05, 3.63) is 48.0 Å². The number of hydrogen-bond acceptors (Lipinski definition) is 5. The van der Waals surface area contributed by atoms with Crippen molar-refractivity contribution in [1.82, 2.24) is 0 Å². The van der Waals surface area contributed by atoms with Crippen LogP contribution in [0.5, 0.6) is 0 Å². The van der Waals surface area contributed by atoms with Crippen LogP contribution in [-0.2, 0) is 25.3 Å². The number of aliphatic hydroxyl groups is 1. The Balaban J connectivity index is 2.23. The topological polar surface area (TPSA) is 65.0 Å². The number of benzene rings is 1. The van der Waals surface area contributed by atoms with Gasteiger partial charge in [0.15, 0.2) is 8.32 Å². The first-order valence-electron chi connectivity index (χ1n) is 9.93. The van der Waals surface area contributed by atoms with E-state index in [1.807, 2.05) is 36.4 Å². The van der Waals surface area contributed by atoms with Crippen LogP contribution < -0.4 is 0 Å². The molecule has 0 heterocycles. The molecule has 5 nitrogen and oxygen atoms in total. The van der Waals surface area contributed by atoms with Gasteiger partial charge in [-0.3, -0.25) is 4.79 Å². The van der Waals surface area contributed by atoms with Crippen LogP contribution in [0, 0.1) is 5.92 Å². The smallest absolute Gasteiger partial charge is 0.315 e. The molecule has 0 unspecified atom stereocenters. The van der Waals surface area contributed by atoms with Gasteiger partial charge in [0, 0.05) is 0 Å². The molecule has 28 heavy (non-hydrogen) atoms. The zero-order chi connectivity index (χ0) is 20.9. The zero-order valence-electron chi connectivity index (χ0n) is 17.8. The summed E-state index contributed by atoms with van der Waals surface area (Å²) < 4.78 is 17.7. The van der Waals surface area contributed by atoms with E-state index in [9.17, 15) is 9.90 Å². The van der Waals surface area contributed by atoms with Gasteiger partial charge in [-0.1, -0.05) is 63.3 Å². The van der Waals surface area contributed by atoms with E-state index in [2.05, 4.69) is 33.9 Å². The maximum absolute atomic E-state index is 12.3. The average Bonchev–Trinajstić information content (AvgIpc) is 2.61. The second-order valence-corrected chi connectivity index (χ2v) is 13.5. The van der Waals surface area contributed by atoms with Gasteiger partial charge in [0.25, 0.3) is 0 Å². The normalized spacial score (nSPS) is 25.5. The van der Waals surface area contributed by atoms with Gasteiger partial charge in [0.05, 0.1) is 25.4 Å². The molecule has 0 saturated heterocycles. The van der Waals surface area contributed by atoms with Crippen LogP contribution in [0.2, 0.25) is 18.1 Å². The molecule has 0 bridgehead atoms. The standard InChI is InChI=1S/C22H34O5Si/c1-7-25-21(24)17-13-14-18(27-28(5,6)22(2,3)4)20(19(17)23)26-15-16-11-9-8-10-12-16/h8-14,17-20,23H,7,15H2,1-6H3/t17-,18-,19+,20+/m0/s1. The van der Waals surface area contributed by atoms with Crippen molar-refractivity contribution in [2.45, 2.75) is 70.7 Å². The van der Waals surface area contributed by atoms with E-state index in [1.54, 1.807) is 13.0 Å². The Labute approximate surface area is 169 Å². The third kappa shape index (κ3) is 5.53. The van der Waals surface area contributed by atoms with Gasteiger partial charge in [-0.15, -0.1) is 0 Å². The van der Waals surface area contributed by atoms with E-state index in [4.69, 9.17) is 13.9 Å². The second kappa shape index (κ2) is 9.35. The molecule has 0 spiro atoms. The number of carbonyl (C=O) groups excluding carboxylic acids is 1. The summed E-state index contributed by atoms with van der Waals surface area (Å²) in [5, 5.41) is 11.0. The fraction of sp³-hybridized carbons (Fsp3) is 0.591. The highest BCUT2D eigenvalue weighted by molar-refractivity contribution is 6.74. The lowest BCUT2D eigenvalue weighted by molar-refractivity contribution is -0.159. The molecule has 1 N–H and O–H groups in total. The molecule has 2 rings (SSSR count). The minimum Gasteiger partial charge on any atom is -0.465 e. The van der Waals surface area contributed by atoms with Crippen molar-refractivity contribution in [1.29, 1.82) is 0 Å². The third-order valence-electron chi connectivity index (χ3n) is 5.62. The summed E-state index contributed by atoms with van der Waals surface area (Å²) in [4.78, 5) is 12.3. The Kier molecular flexibility index (Phi) is 7.62. The molecule has 4 atom stereocenters. The van der Waals surface area contributed by atoms with E-state index in [0.29, 0.717) is 6.61 Å². The number of aliphatic hydroxyl groups excluding tert-OH is 1. The van der Waals surface area contributed by atoms with Crippen LogP contribution in [0.1, 0.15) is 33.3 Å². The minimum absolute atomic E-state index is 0.0216. The number of carbonyl (C=O) groups is 1. The Morgan fingerprint density at radius 1 is 1.14 bits per heavy atom. The van der Waals surface area contributed by atoms with E-state index < -0.39 is 38.5 Å². The third-order valence-corrected chi connectivity index (χ3v) is 10.1. The molecule has 1 aromatic carbocycles. The van der Waals surface area contributed by atoms with E-state index in [-0.39, 0.29) is 11.6 Å². The van der Waals surface area contributed by atoms with E-state index >= 15 is 0 Å². The number of ether oxygens (including phenoxy) is 2. The zero-order valence-corrected chi connectivity index (χ0v) is 18.8. The quantitative estimate of drug-likeness (QED) is 0.420. The van der Waals surface area contributed by atoms with Gasteiger partial charge >= 0.3 is 5.97 Å². The van der Waals surface area contributed by atoms with Gasteiger partial charge < -0.3 is 19.0 Å². The highest BCUT2D eigenvalue weighted by Crippen LogP contribution is 2.39. The molecule has 156 valence electrons. The maximum Gasteiger partial charge on any atom is 0.315 e. The number of esters is 1. The lowest BCUT2D eigenvalue weighted by Crippen LogP contribution is -2.54. The molecule has 0 aliphatic heterocycles. The molecular formula is C22H34O5Si. The molecule has 0 saturated carbocycles. The highest BCUT2D eigenvalue weighted by atomic mass is 28.4. The van der Waals surface area contributed by atoms with Crippen LogP contribution in [0.4, 0.5) is 0 Å². The lowest BCUT2D eigenvalue weighted by atomic mass is 9.88. The van der Waals surface area contributed by atoms with E-state index in [0.717, 1.165) is 5.56 Å². The summed E-state index contributed by atoms with van der Waals surface area (Å²) >= 11 is 0. The van der Waals surface area contributed by atoms with Crippen LogP contribution in [0.25, 0.3) is 0 Å². The summed E-state index contributed by atoms with van der Waals surface area (Å²) in [6.45, 7) is 13.2. The first-order valence-corrected chi connectivity index (χ1v) is 12.8. The maximum atomic E-state index is 12.3. The summed E-state index contributed by atoms with van der Waals surface area (Å²) in [6, 6.07) is 9.78. The molecular weight excluding hydrogens is 372 g/mol. The molecule has 0 fully saturated rings. The fourth-order valence-corrected chi connectivity index (χ4v) is 4.14. The predicted octanol–water partition coefficient (Wildman–Crippen LogP) is 4.07. The van der Waals surface area contributed by atoms with Crippen molar-refractivity contribution < 1.29 is 23.8 Å². The Morgan fingerprint density at radius 3 is 2.36 bits per heavy atom. The molecule has 1 aromatic rings. The first kappa shape index (κ1) is 22.8. The van der Waals surface area contributed by atoms with Crippen molar-refractivity contribution >= 4 is 14.3 Å². The Hall–Kier alpha value is -1.47. The van der Waals surface area contributed by atoms with Gasteiger partial charge in [-0.2, -0.15) is 0 Å². The molecule has 6 heteroatoms. The van der Waals surface area contributed by atoms with Gasteiger partial charge in [-0.25, -0.2) is 0 Å². The van der Waals surface area contributed by atoms with Gasteiger partial charge in [-0.05, 0) is 30.6 Å². The lowest BCUT2D eigenvalue weighted by Gasteiger charge is -2.43. The van der Waals surface area contributed by atoms with Gasteiger partial charge in [0.1, 0.15) is 12.0 Å². The van der Waals surface area contributed by atoms with E-state index in [1.165, 1.54) is 0 Å². The monoisotopic (exact) mass is 406 g/mol. The molecule has 0 radical (unpaired) electrons. The summed E-state index contributed by atoms with van der Waals surface area (Å²) in [5.41, 5.74) is 1.00. The summed E-state index contributed by atoms with van der Waals surface area (Å²) in [5.74, 6) is -1.19. The van der Waals surface area contributed by atoms with Crippen LogP contribution in [0.3, 0.4) is 0 Å². The van der Waals surface area contributed by atoms with Crippen LogP contribution in [-0.4, -0.2) is 44.3 Å². The van der Waals surface area contributed by atoms with Crippen molar-refractivity contribution in [3.63, 3.8) is 0 Å². The minimum atomic E-state index is -2.09. The largest absolute Gasteiger partial charge is 0.465 e. The van der Waals surface area contributed by atoms with Crippen molar-refractivity contribution in [2.75, 3.05) is 6.61 Å². The molecule has 1 aliphatic carbocycles. The molecule has 0 amide bonds. The van der Waals surface area contributed by atoms with Crippen molar-refractivity contribution in [3.8, 4) is 0 Å². The summed E-state index contributed by atoms with van der Waals surface area (Å²) in [7, 11) is -2.09. The molecule has 1 aliphatic rings. The molecule has 0 aromatic heterocycles. The Morgan fingerprint density at radius 2 is 1.79 bits per heavy atom. The number of hydrogen-bond donors (Lipinski definition) is 1. The SMILES string of the molecule is CCOC(=O)[C@H]1C=C[C@H](O[Si](C)(C)C(C)(C)C)[C@@H](OCc2ccccc2)[C@@H]1O. The van der Waals surface area contributed by atoms with Crippen LogP contribution in [0.15, 0.2) is 42.5 Å². The average molecular weight is 407 g/mol. The predicted molar refractivity (Wildman–Crippen MR) is 112 cm³/mol.